The molecular weight excluding hydrogens is 363 g/mol. The van der Waals surface area contributed by atoms with Gasteiger partial charge in [-0.15, -0.1) is 11.8 Å². The number of hydrogen-bond acceptors (Lipinski definition) is 4. The predicted octanol–water partition coefficient (Wildman–Crippen LogP) is 6.10. The van der Waals surface area contributed by atoms with Crippen LogP contribution in [0, 0.1) is 11.3 Å². The molecule has 0 aliphatic carbocycles. The zero-order valence-corrected chi connectivity index (χ0v) is 15.2. The van der Waals surface area contributed by atoms with E-state index in [1.54, 1.807) is 36.0 Å². The fourth-order valence-electron chi connectivity index (χ4n) is 2.18. The van der Waals surface area contributed by atoms with E-state index in [0.29, 0.717) is 5.75 Å². The van der Waals surface area contributed by atoms with Crippen LogP contribution in [0.1, 0.15) is 23.6 Å². The Balaban J connectivity index is 2.44. The molecule has 0 saturated heterocycles. The summed E-state index contributed by atoms with van der Waals surface area (Å²) in [5, 5.41) is 8.83. The largest absolute Gasteiger partial charge is 0.493 e. The van der Waals surface area contributed by atoms with Crippen LogP contribution >= 0.6 is 11.8 Å². The molecule has 0 bridgehead atoms. The van der Waals surface area contributed by atoms with Crippen LogP contribution in [0.5, 0.6) is 17.2 Å². The maximum Gasteiger partial charge on any atom is 0.420 e. The van der Waals surface area contributed by atoms with E-state index in [4.69, 9.17) is 14.7 Å². The van der Waals surface area contributed by atoms with Gasteiger partial charge >= 0.3 is 6.18 Å². The number of nitriles is 1. The Morgan fingerprint density at radius 2 is 1.81 bits per heavy atom. The van der Waals surface area contributed by atoms with E-state index in [-0.39, 0.29) is 11.3 Å². The highest BCUT2D eigenvalue weighted by Crippen LogP contribution is 2.41. The lowest BCUT2D eigenvalue weighted by molar-refractivity contribution is -0.138. The molecule has 2 rings (SSSR count). The number of nitrogens with zero attached hydrogens (tertiary/aromatic N) is 1. The highest BCUT2D eigenvalue weighted by Gasteiger charge is 2.35. The molecule has 0 aliphatic heterocycles. The molecular formula is C19H16F3NO2S. The van der Waals surface area contributed by atoms with Crippen LogP contribution in [-0.2, 0) is 6.18 Å². The molecule has 0 heterocycles. The summed E-state index contributed by atoms with van der Waals surface area (Å²) < 4.78 is 50.5. The average molecular weight is 379 g/mol. The quantitative estimate of drug-likeness (QED) is 0.629. The van der Waals surface area contributed by atoms with Crippen molar-refractivity contribution in [3.63, 3.8) is 0 Å². The van der Waals surface area contributed by atoms with Crippen molar-refractivity contribution in [3.05, 3.63) is 58.0 Å². The number of rotatable bonds is 5. The van der Waals surface area contributed by atoms with Crippen LogP contribution in [0.15, 0.2) is 41.3 Å². The summed E-state index contributed by atoms with van der Waals surface area (Å²) in [6.45, 7) is 1.95. The molecule has 0 unspecified atom stereocenters. The highest BCUT2D eigenvalue weighted by molar-refractivity contribution is 8.02. The van der Waals surface area contributed by atoms with E-state index in [2.05, 4.69) is 0 Å². The van der Waals surface area contributed by atoms with Crippen molar-refractivity contribution in [2.45, 2.75) is 13.1 Å². The topological polar surface area (TPSA) is 42.2 Å². The molecule has 0 amide bonds. The van der Waals surface area contributed by atoms with Gasteiger partial charge in [-0.3, -0.25) is 0 Å². The van der Waals surface area contributed by atoms with Crippen LogP contribution < -0.4 is 9.47 Å². The van der Waals surface area contributed by atoms with Gasteiger partial charge in [0.25, 0.3) is 0 Å². The molecule has 26 heavy (non-hydrogen) atoms. The van der Waals surface area contributed by atoms with Crippen LogP contribution in [0.4, 0.5) is 13.2 Å². The Kier molecular flexibility index (Phi) is 6.22. The van der Waals surface area contributed by atoms with Gasteiger partial charge in [-0.05, 0) is 60.1 Å². The molecule has 2 aromatic rings. The Labute approximate surface area is 154 Å². The number of ether oxygens (including phenoxy) is 2. The number of allylic oxidation sites excluding steroid dienone is 1. The first-order valence-corrected chi connectivity index (χ1v) is 8.70. The summed E-state index contributed by atoms with van der Waals surface area (Å²) in [4.78, 5) is 1.08. The summed E-state index contributed by atoms with van der Waals surface area (Å²) in [6, 6.07) is 9.83. The van der Waals surface area contributed by atoms with E-state index in [0.717, 1.165) is 22.6 Å². The van der Waals surface area contributed by atoms with E-state index < -0.39 is 17.5 Å². The third-order valence-electron chi connectivity index (χ3n) is 3.51. The van der Waals surface area contributed by atoms with Gasteiger partial charge in [-0.2, -0.15) is 18.4 Å². The summed E-state index contributed by atoms with van der Waals surface area (Å²) in [6.07, 6.45) is -0.766. The molecule has 7 heteroatoms. The van der Waals surface area contributed by atoms with Crippen molar-refractivity contribution in [3.8, 4) is 23.3 Å². The number of halogens is 3. The first-order valence-electron chi connectivity index (χ1n) is 7.48. The second-order valence-electron chi connectivity index (χ2n) is 5.29. The highest BCUT2D eigenvalue weighted by atomic mass is 32.2. The van der Waals surface area contributed by atoms with Crippen molar-refractivity contribution in [2.24, 2.45) is 0 Å². The van der Waals surface area contributed by atoms with Crippen molar-refractivity contribution < 1.29 is 22.6 Å². The molecule has 0 spiro atoms. The minimum Gasteiger partial charge on any atom is -0.493 e. The monoisotopic (exact) mass is 379 g/mol. The first-order chi connectivity index (χ1) is 12.3. The smallest absolute Gasteiger partial charge is 0.420 e. The molecule has 0 aromatic heterocycles. The Morgan fingerprint density at radius 3 is 2.38 bits per heavy atom. The lowest BCUT2D eigenvalue weighted by atomic mass is 10.1. The number of thioether (sulfide) groups is 1. The standard InChI is InChI=1S/C19H16F3NO2S/c1-12(26-3)8-13-4-7-17(18(10-13)24-2)25-16-6-5-14(11-23)9-15(16)19(20,21)22/h4-10H,1-3H3/b12-8-. The molecule has 3 nitrogen and oxygen atoms in total. The maximum absolute atomic E-state index is 13.3. The van der Waals surface area contributed by atoms with Crippen molar-refractivity contribution in [1.29, 1.82) is 5.26 Å². The summed E-state index contributed by atoms with van der Waals surface area (Å²) >= 11 is 1.59. The van der Waals surface area contributed by atoms with Crippen molar-refractivity contribution >= 4 is 17.8 Å². The summed E-state index contributed by atoms with van der Waals surface area (Å²) in [5.41, 5.74) is -0.262. The Bertz CT molecular complexity index is 870. The van der Waals surface area contributed by atoms with Gasteiger partial charge in [-0.1, -0.05) is 6.07 Å². The number of hydrogen-bond donors (Lipinski definition) is 0. The SMILES string of the molecule is COc1cc(/C=C(/C)SC)ccc1Oc1ccc(C#N)cc1C(F)(F)F. The minimum absolute atomic E-state index is 0.0929. The normalized spacial score (nSPS) is 11.8. The van der Waals surface area contributed by atoms with Crippen LogP contribution in [0.2, 0.25) is 0 Å². The Hall–Kier alpha value is -2.59. The molecule has 0 fully saturated rings. The second kappa shape index (κ2) is 8.19. The average Bonchev–Trinajstić information content (AvgIpc) is 2.62. The zero-order chi connectivity index (χ0) is 19.3. The molecule has 0 atom stereocenters. The Morgan fingerprint density at radius 1 is 1.12 bits per heavy atom. The van der Waals surface area contributed by atoms with Gasteiger partial charge in [0.1, 0.15) is 5.75 Å². The van der Waals surface area contributed by atoms with Gasteiger partial charge < -0.3 is 9.47 Å². The van der Waals surface area contributed by atoms with Crippen LogP contribution in [0.3, 0.4) is 0 Å². The number of alkyl halides is 3. The van der Waals surface area contributed by atoms with Crippen LogP contribution in [-0.4, -0.2) is 13.4 Å². The van der Waals surface area contributed by atoms with E-state index >= 15 is 0 Å². The first kappa shape index (κ1) is 19.7. The summed E-state index contributed by atoms with van der Waals surface area (Å²) in [7, 11) is 1.42. The third kappa shape index (κ3) is 4.73. The summed E-state index contributed by atoms with van der Waals surface area (Å²) in [5.74, 6) is 0.0742. The van der Waals surface area contributed by atoms with Gasteiger partial charge in [0.15, 0.2) is 11.5 Å². The van der Waals surface area contributed by atoms with Gasteiger partial charge in [0.2, 0.25) is 0 Å². The van der Waals surface area contributed by atoms with Gasteiger partial charge in [-0.25, -0.2) is 0 Å². The van der Waals surface area contributed by atoms with Gasteiger partial charge in [0, 0.05) is 0 Å². The minimum atomic E-state index is -4.65. The molecule has 0 radical (unpaired) electrons. The zero-order valence-electron chi connectivity index (χ0n) is 14.3. The fraction of sp³-hybridized carbons (Fsp3) is 0.211. The lowest BCUT2D eigenvalue weighted by Crippen LogP contribution is -2.08. The predicted molar refractivity (Wildman–Crippen MR) is 96.4 cm³/mol. The van der Waals surface area contributed by atoms with E-state index in [1.165, 1.54) is 13.2 Å². The molecule has 136 valence electrons. The lowest BCUT2D eigenvalue weighted by Gasteiger charge is -2.16. The molecule has 0 aliphatic rings. The molecule has 0 N–H and O–H groups in total. The van der Waals surface area contributed by atoms with Crippen molar-refractivity contribution in [2.75, 3.05) is 13.4 Å². The number of benzene rings is 2. The van der Waals surface area contributed by atoms with Crippen LogP contribution in [0.25, 0.3) is 6.08 Å². The third-order valence-corrected chi connectivity index (χ3v) is 4.28. The van der Waals surface area contributed by atoms with E-state index in [9.17, 15) is 13.2 Å². The van der Waals surface area contributed by atoms with Gasteiger partial charge in [0.05, 0.1) is 24.3 Å². The second-order valence-corrected chi connectivity index (χ2v) is 6.34. The molecule has 2 aromatic carbocycles. The molecule has 0 saturated carbocycles. The van der Waals surface area contributed by atoms with E-state index in [1.807, 2.05) is 19.3 Å². The maximum atomic E-state index is 13.3. The number of methoxy groups -OCH3 is 1. The van der Waals surface area contributed by atoms with Crippen molar-refractivity contribution in [1.82, 2.24) is 0 Å². The fourth-order valence-corrected chi connectivity index (χ4v) is 2.43.